The molecule has 242 valence electrons. The van der Waals surface area contributed by atoms with Crippen molar-refractivity contribution < 1.29 is 46.1 Å². The Morgan fingerprint density at radius 2 is 1.98 bits per heavy atom. The zero-order valence-corrected chi connectivity index (χ0v) is 24.9. The number of nitrogens with zero attached hydrogens (tertiary/aromatic N) is 3. The fourth-order valence-electron chi connectivity index (χ4n) is 5.51. The lowest BCUT2D eigenvalue weighted by Crippen LogP contribution is -2.49. The summed E-state index contributed by atoms with van der Waals surface area (Å²) in [6, 6.07) is 5.64. The van der Waals surface area contributed by atoms with Crippen LogP contribution in [-0.2, 0) is 15.8 Å². The van der Waals surface area contributed by atoms with Crippen LogP contribution in [0.5, 0.6) is 11.5 Å². The van der Waals surface area contributed by atoms with Gasteiger partial charge in [-0.05, 0) is 50.1 Å². The average Bonchev–Trinajstić information content (AvgIpc) is 3.48. The van der Waals surface area contributed by atoms with Crippen molar-refractivity contribution in [1.82, 2.24) is 20.1 Å². The molecule has 1 saturated carbocycles. The fraction of sp³-hybridized carbons (Fsp3) is 0.333. The number of aromatic nitrogens is 3. The van der Waals surface area contributed by atoms with E-state index < -0.39 is 58.3 Å². The summed E-state index contributed by atoms with van der Waals surface area (Å²) in [5.74, 6) is -4.35. The van der Waals surface area contributed by atoms with Gasteiger partial charge in [0.25, 0.3) is 5.91 Å². The van der Waals surface area contributed by atoms with Gasteiger partial charge in [-0.3, -0.25) is 9.59 Å². The zero-order chi connectivity index (χ0) is 33.3. The summed E-state index contributed by atoms with van der Waals surface area (Å²) < 4.78 is 82.5. The van der Waals surface area contributed by atoms with E-state index in [1.54, 1.807) is 0 Å². The van der Waals surface area contributed by atoms with Gasteiger partial charge < -0.3 is 25.6 Å². The van der Waals surface area contributed by atoms with Crippen molar-refractivity contribution in [2.75, 3.05) is 20.3 Å². The largest absolute Gasteiger partial charge is 0.494 e. The highest BCUT2D eigenvalue weighted by atomic mass is 35.5. The summed E-state index contributed by atoms with van der Waals surface area (Å²) in [7, 11) is 1.26. The first kappa shape index (κ1) is 31.5. The van der Waals surface area contributed by atoms with Gasteiger partial charge in [-0.25, -0.2) is 22.8 Å². The van der Waals surface area contributed by atoms with Gasteiger partial charge in [0.05, 0.1) is 24.4 Å². The Morgan fingerprint density at radius 3 is 2.61 bits per heavy atom. The number of alkyl halides is 3. The molecular formula is C30H25ClF5N5O5. The van der Waals surface area contributed by atoms with Crippen LogP contribution in [0, 0.1) is 11.6 Å². The molecule has 1 fully saturated rings. The van der Waals surface area contributed by atoms with E-state index in [4.69, 9.17) is 26.8 Å². The normalized spacial score (nSPS) is 19.4. The Bertz CT molecular complexity index is 1940. The summed E-state index contributed by atoms with van der Waals surface area (Å²) in [4.78, 5) is 30.3. The summed E-state index contributed by atoms with van der Waals surface area (Å²) in [5.41, 5.74) is -1.34. The lowest BCUT2D eigenvalue weighted by atomic mass is 9.80. The number of amides is 2. The van der Waals surface area contributed by atoms with Gasteiger partial charge in [0, 0.05) is 28.3 Å². The molecule has 0 radical (unpaired) electrons. The minimum atomic E-state index is -2.95. The van der Waals surface area contributed by atoms with E-state index in [-0.39, 0.29) is 69.9 Å². The van der Waals surface area contributed by atoms with Gasteiger partial charge in [-0.15, -0.1) is 0 Å². The molecule has 3 heterocycles. The number of aliphatic hydroxyl groups is 1. The number of hydrogen-bond acceptors (Lipinski definition) is 7. The average molecular weight is 666 g/mol. The van der Waals surface area contributed by atoms with Crippen molar-refractivity contribution >= 4 is 34.3 Å². The quantitative estimate of drug-likeness (QED) is 0.174. The number of nitrogens with two attached hydrogens (primary N) is 1. The molecule has 1 aliphatic heterocycles. The molecule has 1 aliphatic carbocycles. The number of primary amides is 1. The van der Waals surface area contributed by atoms with Crippen molar-refractivity contribution in [3.63, 3.8) is 0 Å². The molecule has 16 heteroatoms. The van der Waals surface area contributed by atoms with Crippen LogP contribution < -0.4 is 20.5 Å². The van der Waals surface area contributed by atoms with Crippen molar-refractivity contribution in [2.24, 2.45) is 5.73 Å². The minimum absolute atomic E-state index is 0.0144. The Kier molecular flexibility index (Phi) is 7.39. The molecule has 2 amide bonds. The molecule has 4 N–H and O–H groups in total. The highest BCUT2D eigenvalue weighted by Crippen LogP contribution is 2.55. The predicted octanol–water partition coefficient (Wildman–Crippen LogP) is 4.69. The molecule has 0 saturated heterocycles. The van der Waals surface area contributed by atoms with Crippen LogP contribution in [0.1, 0.15) is 47.9 Å². The van der Waals surface area contributed by atoms with Crippen LogP contribution >= 0.6 is 11.6 Å². The number of pyridine rings is 1. The van der Waals surface area contributed by atoms with Crippen LogP contribution in [0.4, 0.5) is 22.0 Å². The van der Waals surface area contributed by atoms with Crippen molar-refractivity contribution in [3.8, 4) is 22.8 Å². The van der Waals surface area contributed by atoms with E-state index in [0.717, 1.165) is 18.3 Å². The lowest BCUT2D eigenvalue weighted by molar-refractivity contribution is -0.123. The monoisotopic (exact) mass is 665 g/mol. The number of methoxy groups -OCH3 is 1. The molecule has 2 aromatic carbocycles. The maximum Gasteiger partial charge on any atom is 0.333 e. The molecule has 0 unspecified atom stereocenters. The van der Waals surface area contributed by atoms with E-state index in [1.165, 1.54) is 32.2 Å². The second kappa shape index (κ2) is 10.8. The second-order valence-electron chi connectivity index (χ2n) is 11.5. The van der Waals surface area contributed by atoms with Gasteiger partial charge >= 0.3 is 6.55 Å². The van der Waals surface area contributed by atoms with Crippen molar-refractivity contribution in [1.29, 1.82) is 0 Å². The Labute approximate surface area is 262 Å². The maximum absolute atomic E-state index is 16.1. The van der Waals surface area contributed by atoms with E-state index in [1.807, 2.05) is 0 Å². The smallest absolute Gasteiger partial charge is 0.333 e. The fourth-order valence-corrected chi connectivity index (χ4v) is 5.75. The Balaban J connectivity index is 1.44. The zero-order valence-electron chi connectivity index (χ0n) is 24.1. The number of halogens is 6. The molecule has 2 aromatic heterocycles. The number of rotatable bonds is 9. The van der Waals surface area contributed by atoms with Crippen LogP contribution in [0.3, 0.4) is 0 Å². The van der Waals surface area contributed by atoms with Gasteiger partial charge in [0.1, 0.15) is 40.4 Å². The maximum atomic E-state index is 16.1. The first-order valence-corrected chi connectivity index (χ1v) is 14.2. The molecule has 0 spiro atoms. The minimum Gasteiger partial charge on any atom is -0.494 e. The summed E-state index contributed by atoms with van der Waals surface area (Å²) in [6.07, 6.45) is 0.763. The van der Waals surface area contributed by atoms with Gasteiger partial charge in [0.15, 0.2) is 17.2 Å². The SMILES string of the molecule is COc1cc(C(=O)NC[C@](O)(c2cc3c(c(-c4ccc(F)c(F)c4Cl)n2)OC[C@]3(C)C(N)=O)C2(F)CC2)cc2cn(C(F)F)nc12. The molecule has 2 aliphatic rings. The molecule has 46 heavy (non-hydrogen) atoms. The van der Waals surface area contributed by atoms with E-state index in [9.17, 15) is 32.3 Å². The number of benzene rings is 2. The first-order valence-electron chi connectivity index (χ1n) is 13.8. The van der Waals surface area contributed by atoms with Gasteiger partial charge in [-0.1, -0.05) is 11.6 Å². The Hall–Kier alpha value is -4.50. The summed E-state index contributed by atoms with van der Waals surface area (Å²) >= 11 is 6.14. The second-order valence-corrected chi connectivity index (χ2v) is 11.8. The summed E-state index contributed by atoms with van der Waals surface area (Å²) in [5, 5.41) is 17.7. The van der Waals surface area contributed by atoms with E-state index in [0.29, 0.717) is 4.68 Å². The number of ether oxygens (including phenoxy) is 2. The topological polar surface area (TPSA) is 142 Å². The number of nitrogens with one attached hydrogen (secondary N) is 1. The molecule has 4 aromatic rings. The highest BCUT2D eigenvalue weighted by molar-refractivity contribution is 6.33. The third-order valence-electron chi connectivity index (χ3n) is 8.54. The van der Waals surface area contributed by atoms with Gasteiger partial charge in [-0.2, -0.15) is 13.9 Å². The molecule has 2 atom stereocenters. The van der Waals surface area contributed by atoms with E-state index >= 15 is 4.39 Å². The van der Waals surface area contributed by atoms with Crippen molar-refractivity contribution in [3.05, 3.63) is 70.0 Å². The number of hydrogen-bond donors (Lipinski definition) is 3. The Morgan fingerprint density at radius 1 is 1.26 bits per heavy atom. The number of carbonyl (C=O) groups is 2. The standard InChI is InChI=1S/C30H25ClF5N5O5/c1-28(26(37)43)12-46-24-16(28)9-19(39-23(24)15-3-4-17(32)21(33)20(15)31)30(44,29(36)5-6-29)11-38-25(42)13-7-14-10-41(27(34)35)40-22(14)18(8-13)45-2/h3-4,7-10,27,44H,5-6,11-12H2,1-2H3,(H2,37,43)(H,38,42)/t28-,30-/m0/s1. The van der Waals surface area contributed by atoms with Crippen LogP contribution in [-0.4, -0.2) is 57.6 Å². The first-order chi connectivity index (χ1) is 21.6. The number of carbonyl (C=O) groups excluding carboxylic acids is 2. The van der Waals surface area contributed by atoms with Crippen LogP contribution in [0.15, 0.2) is 36.5 Å². The molecule has 6 rings (SSSR count). The molecule has 10 nitrogen and oxygen atoms in total. The highest BCUT2D eigenvalue weighted by Gasteiger charge is 2.62. The third-order valence-corrected chi connectivity index (χ3v) is 8.91. The third kappa shape index (κ3) is 4.80. The molecule has 0 bridgehead atoms. The molecular weight excluding hydrogens is 641 g/mol. The van der Waals surface area contributed by atoms with E-state index in [2.05, 4.69) is 15.4 Å². The number of fused-ring (bicyclic) bond motifs is 2. The van der Waals surface area contributed by atoms with Crippen LogP contribution in [0.25, 0.3) is 22.2 Å². The summed E-state index contributed by atoms with van der Waals surface area (Å²) in [6.45, 7) is -2.54. The lowest BCUT2D eigenvalue weighted by Gasteiger charge is -2.33. The van der Waals surface area contributed by atoms with Crippen molar-refractivity contribution in [2.45, 2.75) is 43.0 Å². The van der Waals surface area contributed by atoms with Crippen LogP contribution in [0.2, 0.25) is 5.02 Å². The predicted molar refractivity (Wildman–Crippen MR) is 153 cm³/mol. The van der Waals surface area contributed by atoms with Gasteiger partial charge in [0.2, 0.25) is 5.91 Å².